The zero-order valence-electron chi connectivity index (χ0n) is 7.23. The minimum absolute atomic E-state index is 0.120. The minimum Gasteiger partial charge on any atom is -0.324 e. The van der Waals surface area contributed by atoms with E-state index in [1.165, 1.54) is 0 Å². The first-order valence-electron chi connectivity index (χ1n) is 3.88. The molecule has 66 valence electrons. The second-order valence-corrected chi connectivity index (χ2v) is 2.12. The smallest absolute Gasteiger partial charge is 0.146 e. The molecule has 1 aromatic heterocycles. The Bertz CT molecular complexity index is 166. The SMILES string of the molecule is CCC(=O)CN.c1ccncc1. The molecule has 0 bridgehead atoms. The van der Waals surface area contributed by atoms with Gasteiger partial charge in [0.2, 0.25) is 0 Å². The van der Waals surface area contributed by atoms with E-state index < -0.39 is 0 Å². The third-order valence-corrected chi connectivity index (χ3v) is 1.19. The van der Waals surface area contributed by atoms with E-state index in [0.29, 0.717) is 6.42 Å². The fraction of sp³-hybridized carbons (Fsp3) is 0.333. The van der Waals surface area contributed by atoms with E-state index in [9.17, 15) is 4.79 Å². The molecule has 3 nitrogen and oxygen atoms in total. The zero-order chi connectivity index (χ0) is 9.23. The minimum atomic E-state index is 0.120. The molecule has 0 aliphatic heterocycles. The molecule has 0 aliphatic rings. The second-order valence-electron chi connectivity index (χ2n) is 2.12. The number of Topliss-reactive ketones (excluding diaryl/α,β-unsaturated/α-hetero) is 1. The highest BCUT2D eigenvalue weighted by atomic mass is 16.1. The summed E-state index contributed by atoms with van der Waals surface area (Å²) in [7, 11) is 0. The van der Waals surface area contributed by atoms with Crippen LogP contribution in [0.25, 0.3) is 0 Å². The average Bonchev–Trinajstić information content (AvgIpc) is 2.20. The number of carbonyl (C=O) groups is 1. The van der Waals surface area contributed by atoms with Crippen molar-refractivity contribution in [2.45, 2.75) is 13.3 Å². The van der Waals surface area contributed by atoms with E-state index in [2.05, 4.69) is 4.98 Å². The van der Waals surface area contributed by atoms with Crippen molar-refractivity contribution in [3.8, 4) is 0 Å². The molecule has 0 aliphatic carbocycles. The number of rotatable bonds is 2. The molecule has 0 aromatic carbocycles. The third-order valence-electron chi connectivity index (χ3n) is 1.19. The third kappa shape index (κ3) is 6.89. The maximum atomic E-state index is 10.1. The lowest BCUT2D eigenvalue weighted by atomic mass is 10.3. The van der Waals surface area contributed by atoms with Crippen LogP contribution >= 0.6 is 0 Å². The zero-order valence-corrected chi connectivity index (χ0v) is 7.23. The maximum absolute atomic E-state index is 10.1. The second kappa shape index (κ2) is 7.88. The van der Waals surface area contributed by atoms with Crippen LogP contribution in [-0.4, -0.2) is 17.3 Å². The van der Waals surface area contributed by atoms with Gasteiger partial charge in [-0.2, -0.15) is 0 Å². The molecule has 0 atom stereocenters. The lowest BCUT2D eigenvalue weighted by molar-refractivity contribution is -0.117. The molecule has 0 fully saturated rings. The van der Waals surface area contributed by atoms with Crippen molar-refractivity contribution in [3.63, 3.8) is 0 Å². The summed E-state index contributed by atoms with van der Waals surface area (Å²) in [5, 5.41) is 0. The van der Waals surface area contributed by atoms with Crippen LogP contribution in [-0.2, 0) is 4.79 Å². The number of ketones is 1. The first-order chi connectivity index (χ1) is 5.81. The van der Waals surface area contributed by atoms with E-state index >= 15 is 0 Å². The van der Waals surface area contributed by atoms with Gasteiger partial charge in [0, 0.05) is 18.8 Å². The summed E-state index contributed by atoms with van der Waals surface area (Å²) in [5.74, 6) is 0.120. The fourth-order valence-corrected chi connectivity index (χ4v) is 0.457. The van der Waals surface area contributed by atoms with Gasteiger partial charge in [-0.3, -0.25) is 9.78 Å². The summed E-state index contributed by atoms with van der Waals surface area (Å²) in [5.41, 5.74) is 4.93. The first-order valence-corrected chi connectivity index (χ1v) is 3.88. The number of hydrogen-bond acceptors (Lipinski definition) is 3. The number of pyridine rings is 1. The number of nitrogens with two attached hydrogens (primary N) is 1. The fourth-order valence-electron chi connectivity index (χ4n) is 0.457. The Morgan fingerprint density at radius 1 is 1.33 bits per heavy atom. The summed E-state index contributed by atoms with van der Waals surface area (Å²) in [4.78, 5) is 13.8. The number of nitrogens with zero attached hydrogens (tertiary/aromatic N) is 1. The predicted molar refractivity (Wildman–Crippen MR) is 48.6 cm³/mol. The van der Waals surface area contributed by atoms with Crippen molar-refractivity contribution >= 4 is 5.78 Å². The highest BCUT2D eigenvalue weighted by Crippen LogP contribution is 1.73. The molecule has 12 heavy (non-hydrogen) atoms. The predicted octanol–water partition coefficient (Wildman–Crippen LogP) is 1.01. The van der Waals surface area contributed by atoms with Gasteiger partial charge in [0.05, 0.1) is 6.54 Å². The molecule has 0 radical (unpaired) electrons. The molecule has 0 saturated carbocycles. The molecule has 2 N–H and O–H groups in total. The van der Waals surface area contributed by atoms with Crippen LogP contribution in [0.3, 0.4) is 0 Å². The van der Waals surface area contributed by atoms with E-state index in [0.717, 1.165) is 0 Å². The van der Waals surface area contributed by atoms with Gasteiger partial charge in [-0.1, -0.05) is 13.0 Å². The molecule has 0 spiro atoms. The van der Waals surface area contributed by atoms with E-state index in [-0.39, 0.29) is 12.3 Å². The van der Waals surface area contributed by atoms with Gasteiger partial charge in [-0.05, 0) is 12.1 Å². The lowest BCUT2D eigenvalue weighted by Crippen LogP contribution is -2.11. The normalized spacial score (nSPS) is 8.17. The quantitative estimate of drug-likeness (QED) is 0.713. The first kappa shape index (κ1) is 10.8. The van der Waals surface area contributed by atoms with Crippen molar-refractivity contribution in [3.05, 3.63) is 30.6 Å². The van der Waals surface area contributed by atoms with Gasteiger partial charge in [0.15, 0.2) is 0 Å². The summed E-state index contributed by atoms with van der Waals surface area (Å²) in [6.45, 7) is 1.99. The van der Waals surface area contributed by atoms with Gasteiger partial charge in [-0.25, -0.2) is 0 Å². The van der Waals surface area contributed by atoms with Crippen LogP contribution in [0.15, 0.2) is 30.6 Å². The summed E-state index contributed by atoms with van der Waals surface area (Å²) in [6.07, 6.45) is 4.07. The Kier molecular flexibility index (Phi) is 7.08. The standard InChI is InChI=1S/C5H5N.C4H9NO/c1-2-4-6-5-3-1;1-2-4(6)3-5/h1-5H;2-3,5H2,1H3. The van der Waals surface area contributed by atoms with Crippen LogP contribution in [0, 0.1) is 0 Å². The van der Waals surface area contributed by atoms with E-state index in [1.54, 1.807) is 19.3 Å². The Labute approximate surface area is 72.6 Å². The number of carbonyl (C=O) groups excluding carboxylic acids is 1. The average molecular weight is 166 g/mol. The monoisotopic (exact) mass is 166 g/mol. The maximum Gasteiger partial charge on any atom is 0.146 e. The molecule has 3 heteroatoms. The molecule has 0 amide bonds. The Morgan fingerprint density at radius 2 is 1.92 bits per heavy atom. The van der Waals surface area contributed by atoms with E-state index in [4.69, 9.17) is 5.73 Å². The molecule has 0 saturated heterocycles. The molecule has 0 unspecified atom stereocenters. The van der Waals surface area contributed by atoms with Crippen LogP contribution in [0.4, 0.5) is 0 Å². The number of hydrogen-bond donors (Lipinski definition) is 1. The van der Waals surface area contributed by atoms with Gasteiger partial charge in [0.25, 0.3) is 0 Å². The lowest BCUT2D eigenvalue weighted by Gasteiger charge is -1.82. The van der Waals surface area contributed by atoms with Crippen molar-refractivity contribution in [2.24, 2.45) is 5.73 Å². The topological polar surface area (TPSA) is 56.0 Å². The van der Waals surface area contributed by atoms with E-state index in [1.807, 2.05) is 18.2 Å². The van der Waals surface area contributed by atoms with Crippen molar-refractivity contribution < 1.29 is 4.79 Å². The van der Waals surface area contributed by atoms with Crippen LogP contribution in [0.2, 0.25) is 0 Å². The highest BCUT2D eigenvalue weighted by Gasteiger charge is 1.87. The Balaban J connectivity index is 0.000000202. The van der Waals surface area contributed by atoms with Crippen LogP contribution < -0.4 is 5.73 Å². The van der Waals surface area contributed by atoms with Crippen LogP contribution in [0.1, 0.15) is 13.3 Å². The van der Waals surface area contributed by atoms with Crippen molar-refractivity contribution in [1.29, 1.82) is 0 Å². The van der Waals surface area contributed by atoms with Gasteiger partial charge in [-0.15, -0.1) is 0 Å². The molecule has 1 rings (SSSR count). The van der Waals surface area contributed by atoms with Gasteiger partial charge >= 0.3 is 0 Å². The van der Waals surface area contributed by atoms with Gasteiger partial charge in [0.1, 0.15) is 5.78 Å². The summed E-state index contributed by atoms with van der Waals surface area (Å²) in [6, 6.07) is 5.72. The largest absolute Gasteiger partial charge is 0.324 e. The van der Waals surface area contributed by atoms with Crippen LogP contribution in [0.5, 0.6) is 0 Å². The summed E-state index contributed by atoms with van der Waals surface area (Å²) < 4.78 is 0. The van der Waals surface area contributed by atoms with Crippen molar-refractivity contribution in [1.82, 2.24) is 4.98 Å². The molecular weight excluding hydrogens is 152 g/mol. The molecule has 1 heterocycles. The van der Waals surface area contributed by atoms with Crippen molar-refractivity contribution in [2.75, 3.05) is 6.54 Å². The summed E-state index contributed by atoms with van der Waals surface area (Å²) >= 11 is 0. The molecular formula is C9H14N2O. The number of aromatic nitrogens is 1. The Morgan fingerprint density at radius 3 is 2.00 bits per heavy atom. The molecule has 1 aromatic rings. The van der Waals surface area contributed by atoms with Gasteiger partial charge < -0.3 is 5.73 Å². The highest BCUT2D eigenvalue weighted by molar-refractivity contribution is 5.79. The Hall–Kier alpha value is -1.22.